The molecule has 0 saturated carbocycles. The Labute approximate surface area is 160 Å². The maximum Gasteiger partial charge on any atom is 0.254 e. The molecule has 9 heteroatoms. The van der Waals surface area contributed by atoms with Gasteiger partial charge in [0, 0.05) is 31.7 Å². The van der Waals surface area contributed by atoms with Crippen LogP contribution in [0.1, 0.15) is 16.2 Å². The molecule has 2 aromatic carbocycles. The van der Waals surface area contributed by atoms with E-state index in [2.05, 4.69) is 20.4 Å². The van der Waals surface area contributed by atoms with Crippen molar-refractivity contribution >= 4 is 5.91 Å². The second kappa shape index (κ2) is 7.81. The van der Waals surface area contributed by atoms with E-state index in [4.69, 9.17) is 0 Å². The fourth-order valence-electron chi connectivity index (χ4n) is 3.23. The number of aromatic nitrogens is 4. The van der Waals surface area contributed by atoms with Gasteiger partial charge in [-0.25, -0.2) is 8.78 Å². The molecule has 2 heterocycles. The van der Waals surface area contributed by atoms with Crippen molar-refractivity contribution in [3.8, 4) is 5.69 Å². The lowest BCUT2D eigenvalue weighted by molar-refractivity contribution is 0.0624. The zero-order valence-corrected chi connectivity index (χ0v) is 15.0. The minimum Gasteiger partial charge on any atom is -0.336 e. The molecule has 1 aliphatic heterocycles. The molecule has 0 N–H and O–H groups in total. The van der Waals surface area contributed by atoms with E-state index < -0.39 is 5.82 Å². The van der Waals surface area contributed by atoms with Crippen LogP contribution in [0.25, 0.3) is 5.69 Å². The summed E-state index contributed by atoms with van der Waals surface area (Å²) in [6.07, 6.45) is 0. The quantitative estimate of drug-likeness (QED) is 0.687. The van der Waals surface area contributed by atoms with Crippen molar-refractivity contribution in [1.82, 2.24) is 30.0 Å². The van der Waals surface area contributed by atoms with Gasteiger partial charge in [0.15, 0.2) is 5.82 Å². The summed E-state index contributed by atoms with van der Waals surface area (Å²) in [5.74, 6) is -0.364. The molecule has 1 amide bonds. The summed E-state index contributed by atoms with van der Waals surface area (Å²) < 4.78 is 28.3. The third-order valence-electron chi connectivity index (χ3n) is 4.68. The minimum absolute atomic E-state index is 0.177. The Kier molecular flexibility index (Phi) is 5.07. The van der Waals surface area contributed by atoms with Gasteiger partial charge in [0.25, 0.3) is 5.91 Å². The predicted molar refractivity (Wildman–Crippen MR) is 96.7 cm³/mol. The van der Waals surface area contributed by atoms with Crippen molar-refractivity contribution in [1.29, 1.82) is 0 Å². The van der Waals surface area contributed by atoms with Crippen LogP contribution in [0.2, 0.25) is 0 Å². The Hall–Kier alpha value is -3.20. The SMILES string of the molecule is O=C(c1cccc(F)c1)N1CCN(Cc2nnnn2-c2cccc(F)c2)CC1. The van der Waals surface area contributed by atoms with Crippen LogP contribution in [0.5, 0.6) is 0 Å². The topological polar surface area (TPSA) is 67.2 Å². The molecule has 0 unspecified atom stereocenters. The van der Waals surface area contributed by atoms with Crippen molar-refractivity contribution in [2.75, 3.05) is 26.2 Å². The second-order valence-corrected chi connectivity index (χ2v) is 6.57. The number of carbonyl (C=O) groups excluding carboxylic acids is 1. The number of hydrogen-bond donors (Lipinski definition) is 0. The number of carbonyl (C=O) groups is 1. The van der Waals surface area contributed by atoms with Crippen LogP contribution in [0.15, 0.2) is 48.5 Å². The fraction of sp³-hybridized carbons (Fsp3) is 0.263. The van der Waals surface area contributed by atoms with Crippen LogP contribution in [-0.2, 0) is 6.54 Å². The van der Waals surface area contributed by atoms with E-state index in [1.54, 1.807) is 23.1 Å². The zero-order chi connectivity index (χ0) is 19.5. The summed E-state index contributed by atoms with van der Waals surface area (Å²) in [6.45, 7) is 2.80. The molecule has 0 spiro atoms. The smallest absolute Gasteiger partial charge is 0.254 e. The number of amides is 1. The highest BCUT2D eigenvalue weighted by molar-refractivity contribution is 5.94. The molecule has 7 nitrogen and oxygen atoms in total. The Morgan fingerprint density at radius 3 is 2.39 bits per heavy atom. The van der Waals surface area contributed by atoms with E-state index in [0.717, 1.165) is 0 Å². The maximum absolute atomic E-state index is 13.5. The Morgan fingerprint density at radius 1 is 0.964 bits per heavy atom. The first-order valence-corrected chi connectivity index (χ1v) is 8.90. The summed E-state index contributed by atoms with van der Waals surface area (Å²) in [6, 6.07) is 11.8. The molecule has 0 radical (unpaired) electrons. The van der Waals surface area contributed by atoms with Crippen LogP contribution in [-0.4, -0.2) is 62.1 Å². The number of halogens is 2. The molecule has 0 aliphatic carbocycles. The van der Waals surface area contributed by atoms with Crippen molar-refractivity contribution in [3.05, 3.63) is 71.6 Å². The highest BCUT2D eigenvalue weighted by atomic mass is 19.1. The number of nitrogens with zero attached hydrogens (tertiary/aromatic N) is 6. The van der Waals surface area contributed by atoms with Gasteiger partial charge in [-0.15, -0.1) is 5.10 Å². The summed E-state index contributed by atoms with van der Waals surface area (Å²) in [5, 5.41) is 11.7. The molecule has 1 fully saturated rings. The van der Waals surface area contributed by atoms with Crippen LogP contribution in [0, 0.1) is 11.6 Å². The summed E-state index contributed by atoms with van der Waals surface area (Å²) in [4.78, 5) is 16.3. The lowest BCUT2D eigenvalue weighted by Crippen LogP contribution is -2.48. The molecule has 3 aromatic rings. The van der Waals surface area contributed by atoms with Crippen LogP contribution in [0.3, 0.4) is 0 Å². The normalized spacial score (nSPS) is 15.0. The number of hydrogen-bond acceptors (Lipinski definition) is 5. The van der Waals surface area contributed by atoms with E-state index in [0.29, 0.717) is 49.8 Å². The second-order valence-electron chi connectivity index (χ2n) is 6.57. The number of piperazine rings is 1. The van der Waals surface area contributed by atoms with Crippen molar-refractivity contribution in [2.45, 2.75) is 6.54 Å². The highest BCUT2D eigenvalue weighted by Crippen LogP contribution is 2.14. The van der Waals surface area contributed by atoms with Gasteiger partial charge in [-0.1, -0.05) is 12.1 Å². The summed E-state index contributed by atoms with van der Waals surface area (Å²) >= 11 is 0. The first-order chi connectivity index (χ1) is 13.6. The molecular formula is C19H18F2N6O. The molecule has 28 heavy (non-hydrogen) atoms. The Morgan fingerprint density at radius 2 is 1.68 bits per heavy atom. The van der Waals surface area contributed by atoms with E-state index in [-0.39, 0.29) is 11.7 Å². The van der Waals surface area contributed by atoms with Crippen LogP contribution in [0.4, 0.5) is 8.78 Å². The lowest BCUT2D eigenvalue weighted by atomic mass is 10.1. The monoisotopic (exact) mass is 384 g/mol. The maximum atomic E-state index is 13.5. The first kappa shape index (κ1) is 18.2. The van der Waals surface area contributed by atoms with Crippen molar-refractivity contribution in [3.63, 3.8) is 0 Å². The predicted octanol–water partition coefficient (Wildman–Crippen LogP) is 1.90. The summed E-state index contributed by atoms with van der Waals surface area (Å²) in [5.41, 5.74) is 0.906. The number of tetrazole rings is 1. The first-order valence-electron chi connectivity index (χ1n) is 8.90. The van der Waals surface area contributed by atoms with E-state index in [9.17, 15) is 13.6 Å². The number of benzene rings is 2. The molecular weight excluding hydrogens is 366 g/mol. The average molecular weight is 384 g/mol. The van der Waals surface area contributed by atoms with Crippen LogP contribution < -0.4 is 0 Å². The fourth-order valence-corrected chi connectivity index (χ4v) is 3.23. The Balaban J connectivity index is 1.39. The lowest BCUT2D eigenvalue weighted by Gasteiger charge is -2.34. The van der Waals surface area contributed by atoms with Gasteiger partial charge in [-0.3, -0.25) is 9.69 Å². The molecule has 0 atom stereocenters. The van der Waals surface area contributed by atoms with Gasteiger partial charge >= 0.3 is 0 Å². The minimum atomic E-state index is -0.423. The van der Waals surface area contributed by atoms with Crippen molar-refractivity contribution < 1.29 is 13.6 Å². The van der Waals surface area contributed by atoms with Crippen LogP contribution >= 0.6 is 0 Å². The standard InChI is InChI=1S/C19H18F2N6O/c20-15-4-1-3-14(11-15)19(28)26-9-7-25(8-10-26)13-18-22-23-24-27(18)17-6-2-5-16(21)12-17/h1-6,11-12H,7-10,13H2. The van der Waals surface area contributed by atoms with Gasteiger partial charge in [0.05, 0.1) is 12.2 Å². The van der Waals surface area contributed by atoms with Gasteiger partial charge in [-0.05, 0) is 46.8 Å². The Bertz CT molecular complexity index is 984. The summed E-state index contributed by atoms with van der Waals surface area (Å²) in [7, 11) is 0. The molecule has 1 aliphatic rings. The van der Waals surface area contributed by atoms with Crippen molar-refractivity contribution in [2.24, 2.45) is 0 Å². The third-order valence-corrected chi connectivity index (χ3v) is 4.68. The highest BCUT2D eigenvalue weighted by Gasteiger charge is 2.24. The average Bonchev–Trinajstić information content (AvgIpc) is 3.16. The van der Waals surface area contributed by atoms with E-state index in [1.165, 1.54) is 35.0 Å². The van der Waals surface area contributed by atoms with Gasteiger partial charge in [0.2, 0.25) is 0 Å². The number of rotatable bonds is 4. The molecule has 1 aromatic heterocycles. The zero-order valence-electron chi connectivity index (χ0n) is 15.0. The molecule has 144 valence electrons. The van der Waals surface area contributed by atoms with Gasteiger partial charge in [0.1, 0.15) is 11.6 Å². The van der Waals surface area contributed by atoms with E-state index >= 15 is 0 Å². The van der Waals surface area contributed by atoms with Gasteiger partial charge < -0.3 is 4.90 Å². The van der Waals surface area contributed by atoms with Gasteiger partial charge in [-0.2, -0.15) is 4.68 Å². The third kappa shape index (κ3) is 3.89. The molecule has 1 saturated heterocycles. The van der Waals surface area contributed by atoms with E-state index in [1.807, 2.05) is 0 Å². The largest absolute Gasteiger partial charge is 0.336 e. The molecule has 0 bridgehead atoms. The molecule has 4 rings (SSSR count).